The van der Waals surface area contributed by atoms with Crippen LogP contribution in [0.25, 0.3) is 11.3 Å². The van der Waals surface area contributed by atoms with Crippen LogP contribution in [0, 0.1) is 0 Å². The highest BCUT2D eigenvalue weighted by Crippen LogP contribution is 2.29. The van der Waals surface area contributed by atoms with Gasteiger partial charge >= 0.3 is 5.97 Å². The molecule has 0 fully saturated rings. The number of anilines is 1. The quantitative estimate of drug-likeness (QED) is 0.644. The summed E-state index contributed by atoms with van der Waals surface area (Å²) in [5.41, 5.74) is 1.15. The Balaban J connectivity index is 1.85. The maximum atomic E-state index is 12.3. The average Bonchev–Trinajstić information content (AvgIpc) is 3.14. The van der Waals surface area contributed by atoms with Gasteiger partial charge in [0.15, 0.2) is 5.69 Å². The number of carboxylic acid groups (broad SMARTS) is 1. The number of nitrogens with one attached hydrogen (secondary N) is 2. The monoisotopic (exact) mass is 379 g/mol. The molecule has 8 nitrogen and oxygen atoms in total. The Morgan fingerprint density at radius 1 is 1.28 bits per heavy atom. The van der Waals surface area contributed by atoms with E-state index in [1.165, 1.54) is 19.3 Å². The molecule has 2 heterocycles. The number of benzene rings is 1. The lowest BCUT2D eigenvalue weighted by Crippen LogP contribution is -2.15. The van der Waals surface area contributed by atoms with Crippen molar-refractivity contribution in [2.45, 2.75) is 0 Å². The van der Waals surface area contributed by atoms with Crippen molar-refractivity contribution in [3.63, 3.8) is 0 Å². The van der Waals surface area contributed by atoms with E-state index in [9.17, 15) is 9.59 Å². The Morgan fingerprint density at radius 2 is 2.04 bits per heavy atom. The number of aromatic nitrogens is 4. The van der Waals surface area contributed by atoms with Gasteiger partial charge in [-0.25, -0.2) is 4.79 Å². The van der Waals surface area contributed by atoms with E-state index in [4.69, 9.17) is 28.3 Å². The highest BCUT2D eigenvalue weighted by molar-refractivity contribution is 6.36. The Morgan fingerprint density at radius 3 is 2.72 bits per heavy atom. The molecule has 3 rings (SSSR count). The Hall–Kier alpha value is -2.84. The molecule has 25 heavy (non-hydrogen) atoms. The first kappa shape index (κ1) is 17.0. The minimum Gasteiger partial charge on any atom is -0.476 e. The summed E-state index contributed by atoms with van der Waals surface area (Å²) in [5.74, 6) is -1.76. The van der Waals surface area contributed by atoms with Crippen molar-refractivity contribution >= 4 is 40.8 Å². The molecule has 0 unspecified atom stereocenters. The second-order valence-electron chi connectivity index (χ2n) is 5.08. The van der Waals surface area contributed by atoms with Crippen LogP contribution in [0.1, 0.15) is 21.0 Å². The molecule has 3 aromatic rings. The summed E-state index contributed by atoms with van der Waals surface area (Å²) in [6, 6.07) is 6.42. The van der Waals surface area contributed by atoms with E-state index in [2.05, 4.69) is 20.6 Å². The predicted molar refractivity (Wildman–Crippen MR) is 92.2 cm³/mol. The van der Waals surface area contributed by atoms with Crippen molar-refractivity contribution in [1.29, 1.82) is 0 Å². The molecule has 2 aromatic heterocycles. The van der Waals surface area contributed by atoms with E-state index in [0.29, 0.717) is 21.3 Å². The molecule has 0 aliphatic heterocycles. The molecule has 1 amide bonds. The summed E-state index contributed by atoms with van der Waals surface area (Å²) in [4.78, 5) is 23.5. The van der Waals surface area contributed by atoms with Gasteiger partial charge in [0.1, 0.15) is 5.69 Å². The minimum atomic E-state index is -1.20. The van der Waals surface area contributed by atoms with Crippen LogP contribution in [0.15, 0.2) is 30.5 Å². The number of hydrogen-bond donors (Lipinski definition) is 3. The fraction of sp³-hybridized carbons (Fsp3) is 0.0667. The fourth-order valence-electron chi connectivity index (χ4n) is 2.25. The van der Waals surface area contributed by atoms with E-state index in [1.807, 2.05) is 0 Å². The molecule has 10 heteroatoms. The molecular weight excluding hydrogens is 369 g/mol. The number of carboxylic acids is 1. The van der Waals surface area contributed by atoms with E-state index in [1.54, 1.807) is 18.2 Å². The van der Waals surface area contributed by atoms with Crippen LogP contribution in [-0.4, -0.2) is 37.0 Å². The van der Waals surface area contributed by atoms with Crippen LogP contribution in [0.5, 0.6) is 0 Å². The van der Waals surface area contributed by atoms with Crippen LogP contribution < -0.4 is 5.32 Å². The van der Waals surface area contributed by atoms with Gasteiger partial charge in [-0.05, 0) is 24.3 Å². The Bertz CT molecular complexity index is 979. The van der Waals surface area contributed by atoms with Crippen LogP contribution in [0.2, 0.25) is 10.0 Å². The van der Waals surface area contributed by atoms with Gasteiger partial charge in [0.2, 0.25) is 0 Å². The highest BCUT2D eigenvalue weighted by atomic mass is 35.5. The van der Waals surface area contributed by atoms with Gasteiger partial charge in [-0.3, -0.25) is 14.6 Å². The number of H-pyrrole nitrogens is 1. The molecule has 0 aliphatic rings. The zero-order chi connectivity index (χ0) is 18.1. The summed E-state index contributed by atoms with van der Waals surface area (Å²) in [5, 5.41) is 23.0. The Kier molecular flexibility index (Phi) is 4.47. The molecule has 0 saturated carbocycles. The number of carbonyl (C=O) groups is 2. The topological polar surface area (TPSA) is 113 Å². The SMILES string of the molecule is Cn1ncc(NC(=O)c2cc(-c3ccc(Cl)cc3Cl)n[nH]2)c1C(=O)O. The largest absolute Gasteiger partial charge is 0.476 e. The zero-order valence-corrected chi connectivity index (χ0v) is 14.3. The molecule has 3 N–H and O–H groups in total. The average molecular weight is 380 g/mol. The van der Waals surface area contributed by atoms with Gasteiger partial charge in [-0.15, -0.1) is 0 Å². The summed E-state index contributed by atoms with van der Waals surface area (Å²) >= 11 is 12.0. The maximum Gasteiger partial charge on any atom is 0.356 e. The smallest absolute Gasteiger partial charge is 0.356 e. The summed E-state index contributed by atoms with van der Waals surface area (Å²) in [6.07, 6.45) is 1.26. The lowest BCUT2D eigenvalue weighted by Gasteiger charge is -2.03. The molecular formula is C15H11Cl2N5O3. The molecule has 1 aromatic carbocycles. The number of nitrogens with zero attached hydrogens (tertiary/aromatic N) is 3. The normalized spacial score (nSPS) is 10.7. The second-order valence-corrected chi connectivity index (χ2v) is 5.92. The van der Waals surface area contributed by atoms with Gasteiger partial charge in [-0.2, -0.15) is 10.2 Å². The van der Waals surface area contributed by atoms with E-state index in [-0.39, 0.29) is 17.1 Å². The molecule has 0 bridgehead atoms. The third-order valence-electron chi connectivity index (χ3n) is 3.42. The number of aromatic amines is 1. The Labute approximate surface area is 151 Å². The number of aromatic carboxylic acids is 1. The summed E-state index contributed by atoms with van der Waals surface area (Å²) in [7, 11) is 1.47. The van der Waals surface area contributed by atoms with Crippen molar-refractivity contribution in [1.82, 2.24) is 20.0 Å². The van der Waals surface area contributed by atoms with E-state index < -0.39 is 11.9 Å². The lowest BCUT2D eigenvalue weighted by atomic mass is 10.1. The number of rotatable bonds is 4. The van der Waals surface area contributed by atoms with E-state index in [0.717, 1.165) is 4.68 Å². The first-order valence-electron chi connectivity index (χ1n) is 6.94. The minimum absolute atomic E-state index is 0.0840. The number of halogens is 2. The standard InChI is InChI=1S/C15H11Cl2N5O3/c1-22-13(15(24)25)12(6-18-22)19-14(23)11-5-10(20-21-11)8-3-2-7(16)4-9(8)17/h2-6H,1H3,(H,19,23)(H,20,21)(H,24,25). The maximum absolute atomic E-state index is 12.3. The van der Waals surface area contributed by atoms with Gasteiger partial charge < -0.3 is 10.4 Å². The number of amides is 1. The zero-order valence-electron chi connectivity index (χ0n) is 12.7. The van der Waals surface area contributed by atoms with Crippen molar-refractivity contribution in [2.75, 3.05) is 5.32 Å². The third kappa shape index (κ3) is 3.35. The molecule has 0 spiro atoms. The highest BCUT2D eigenvalue weighted by Gasteiger charge is 2.20. The number of aryl methyl sites for hydroxylation is 1. The van der Waals surface area contributed by atoms with Crippen molar-refractivity contribution in [2.24, 2.45) is 7.05 Å². The summed E-state index contributed by atoms with van der Waals surface area (Å²) in [6.45, 7) is 0. The molecule has 0 aliphatic carbocycles. The molecule has 0 radical (unpaired) electrons. The summed E-state index contributed by atoms with van der Waals surface area (Å²) < 4.78 is 1.16. The fourth-order valence-corrected chi connectivity index (χ4v) is 2.75. The van der Waals surface area contributed by atoms with Crippen molar-refractivity contribution in [3.05, 3.63) is 51.9 Å². The van der Waals surface area contributed by atoms with Crippen LogP contribution >= 0.6 is 23.2 Å². The van der Waals surface area contributed by atoms with Gasteiger partial charge in [0.25, 0.3) is 5.91 Å². The molecule has 0 atom stereocenters. The number of carbonyl (C=O) groups excluding carboxylic acids is 1. The van der Waals surface area contributed by atoms with Crippen LogP contribution in [-0.2, 0) is 7.05 Å². The van der Waals surface area contributed by atoms with Crippen molar-refractivity contribution < 1.29 is 14.7 Å². The van der Waals surface area contributed by atoms with Gasteiger partial charge in [0.05, 0.1) is 22.6 Å². The van der Waals surface area contributed by atoms with Crippen LogP contribution in [0.3, 0.4) is 0 Å². The van der Waals surface area contributed by atoms with Crippen molar-refractivity contribution in [3.8, 4) is 11.3 Å². The van der Waals surface area contributed by atoms with Gasteiger partial charge in [-0.1, -0.05) is 23.2 Å². The van der Waals surface area contributed by atoms with Crippen LogP contribution in [0.4, 0.5) is 5.69 Å². The number of hydrogen-bond acceptors (Lipinski definition) is 4. The molecule has 0 saturated heterocycles. The second kappa shape index (κ2) is 6.58. The third-order valence-corrected chi connectivity index (χ3v) is 3.97. The first-order chi connectivity index (χ1) is 11.9. The lowest BCUT2D eigenvalue weighted by molar-refractivity contribution is 0.0686. The van der Waals surface area contributed by atoms with Gasteiger partial charge in [0, 0.05) is 17.6 Å². The predicted octanol–water partition coefficient (Wildman–Crippen LogP) is 3.07. The van der Waals surface area contributed by atoms with E-state index >= 15 is 0 Å². The molecule has 128 valence electrons. The first-order valence-corrected chi connectivity index (χ1v) is 7.70.